The summed E-state index contributed by atoms with van der Waals surface area (Å²) in [7, 11) is -4.08. The van der Waals surface area contributed by atoms with Crippen molar-refractivity contribution in [1.82, 2.24) is 0 Å². The van der Waals surface area contributed by atoms with Crippen LogP contribution in [0.4, 0.5) is 0 Å². The molecular formula is C47H62O5S. The topological polar surface area (TPSA) is 61.8 Å². The molecule has 0 aliphatic carbocycles. The predicted octanol–water partition coefficient (Wildman–Crippen LogP) is 12.1. The minimum absolute atomic E-state index is 0.0167. The molecule has 0 saturated heterocycles. The molecule has 4 aromatic rings. The first-order valence-electron chi connectivity index (χ1n) is 20.0. The third kappa shape index (κ3) is 14.3. The monoisotopic (exact) mass is 738 g/mol. The maximum absolute atomic E-state index is 13.5. The molecule has 4 aromatic carbocycles. The van der Waals surface area contributed by atoms with Crippen LogP contribution in [0.2, 0.25) is 0 Å². The van der Waals surface area contributed by atoms with E-state index in [4.69, 9.17) is 13.7 Å². The largest absolute Gasteiger partial charge is 0.379 e. The second-order valence-corrected chi connectivity index (χ2v) is 15.7. The number of allylic oxidation sites excluding steroid dienone is 2. The Morgan fingerprint density at radius 1 is 0.566 bits per heavy atom. The van der Waals surface area contributed by atoms with E-state index in [1.54, 1.807) is 24.3 Å². The fraction of sp³-hybridized carbons (Fsp3) is 0.447. The Balaban J connectivity index is 1.33. The zero-order valence-electron chi connectivity index (χ0n) is 32.2. The van der Waals surface area contributed by atoms with Crippen molar-refractivity contribution in [3.63, 3.8) is 0 Å². The van der Waals surface area contributed by atoms with Crippen molar-refractivity contribution in [3.05, 3.63) is 150 Å². The summed E-state index contributed by atoms with van der Waals surface area (Å²) in [6.07, 6.45) is 21.3. The van der Waals surface area contributed by atoms with Crippen LogP contribution < -0.4 is 0 Å². The van der Waals surface area contributed by atoms with Gasteiger partial charge in [-0.1, -0.05) is 186 Å². The molecule has 0 amide bonds. The Morgan fingerprint density at radius 2 is 1.02 bits per heavy atom. The Morgan fingerprint density at radius 3 is 1.51 bits per heavy atom. The molecule has 0 bridgehead atoms. The van der Waals surface area contributed by atoms with E-state index in [1.165, 1.54) is 77.0 Å². The summed E-state index contributed by atoms with van der Waals surface area (Å²) in [5.41, 5.74) is 2.76. The molecule has 1 atom stereocenters. The van der Waals surface area contributed by atoms with E-state index >= 15 is 0 Å². The summed E-state index contributed by atoms with van der Waals surface area (Å²) in [5, 5.41) is 0. The van der Waals surface area contributed by atoms with Gasteiger partial charge in [-0.15, -0.1) is 0 Å². The van der Waals surface area contributed by atoms with E-state index < -0.39 is 21.8 Å². The highest BCUT2D eigenvalue weighted by Gasteiger charge is 2.39. The molecule has 5 nitrogen and oxygen atoms in total. The molecule has 0 N–H and O–H groups in total. The van der Waals surface area contributed by atoms with Gasteiger partial charge in [0.2, 0.25) is 0 Å². The highest BCUT2D eigenvalue weighted by molar-refractivity contribution is 7.86. The average molecular weight is 739 g/mol. The number of hydrogen-bond acceptors (Lipinski definition) is 5. The molecule has 1 unspecified atom stereocenters. The fourth-order valence-electron chi connectivity index (χ4n) is 6.70. The lowest BCUT2D eigenvalue weighted by atomic mass is 9.80. The van der Waals surface area contributed by atoms with Gasteiger partial charge in [0.25, 0.3) is 10.1 Å². The number of hydrogen-bond donors (Lipinski definition) is 0. The van der Waals surface area contributed by atoms with Crippen LogP contribution in [0.1, 0.15) is 119 Å². The number of ether oxygens (including phenoxy) is 2. The molecule has 4 rings (SSSR count). The Hall–Kier alpha value is -3.55. The van der Waals surface area contributed by atoms with E-state index in [0.717, 1.165) is 35.1 Å². The quantitative estimate of drug-likeness (QED) is 0.0264. The van der Waals surface area contributed by atoms with Crippen LogP contribution in [-0.4, -0.2) is 34.3 Å². The van der Waals surface area contributed by atoms with Gasteiger partial charge in [0, 0.05) is 6.61 Å². The summed E-state index contributed by atoms with van der Waals surface area (Å²) in [4.78, 5) is 0.113. The molecule has 53 heavy (non-hydrogen) atoms. The number of aryl methyl sites for hydroxylation is 1. The second kappa shape index (κ2) is 24.0. The van der Waals surface area contributed by atoms with Crippen molar-refractivity contribution in [2.45, 2.75) is 120 Å². The smallest absolute Gasteiger partial charge is 0.297 e. The van der Waals surface area contributed by atoms with E-state index in [-0.39, 0.29) is 18.1 Å². The summed E-state index contributed by atoms with van der Waals surface area (Å²) < 4.78 is 46.1. The lowest BCUT2D eigenvalue weighted by Crippen LogP contribution is -2.38. The van der Waals surface area contributed by atoms with Gasteiger partial charge in [0.1, 0.15) is 11.7 Å². The van der Waals surface area contributed by atoms with Crippen molar-refractivity contribution in [2.24, 2.45) is 0 Å². The van der Waals surface area contributed by atoms with Crippen LogP contribution in [0, 0.1) is 6.92 Å². The number of rotatable bonds is 27. The zero-order chi connectivity index (χ0) is 37.5. The molecule has 0 aliphatic heterocycles. The third-order valence-corrected chi connectivity index (χ3v) is 11.1. The molecular weight excluding hydrogens is 677 g/mol. The van der Waals surface area contributed by atoms with Crippen LogP contribution in [-0.2, 0) is 29.4 Å². The highest BCUT2D eigenvalue weighted by Crippen LogP contribution is 2.40. The standard InChI is InChI=1S/C47H62O5S/c1-3-4-5-6-7-8-9-10-11-12-13-14-15-16-17-27-38-50-39-45(52-53(48,49)46-36-34-41(2)35-37-46)40-51-47(42-28-21-18-22-29-42,43-30-23-19-24-31-43)44-32-25-20-26-33-44/h10-11,18-26,28-37,45H,3-9,12-17,27,38-40H2,1-2H3. The van der Waals surface area contributed by atoms with Gasteiger partial charge in [-0.05, 0) is 67.9 Å². The van der Waals surface area contributed by atoms with Crippen molar-refractivity contribution >= 4 is 10.1 Å². The van der Waals surface area contributed by atoms with Crippen LogP contribution in [0.15, 0.2) is 132 Å². The molecule has 0 heterocycles. The summed E-state index contributed by atoms with van der Waals surface area (Å²) in [5.74, 6) is 0. The number of benzene rings is 4. The van der Waals surface area contributed by atoms with Crippen molar-refractivity contribution in [3.8, 4) is 0 Å². The summed E-state index contributed by atoms with van der Waals surface area (Å²) in [6, 6.07) is 36.9. The summed E-state index contributed by atoms with van der Waals surface area (Å²) in [6.45, 7) is 4.80. The predicted molar refractivity (Wildman–Crippen MR) is 219 cm³/mol. The molecule has 286 valence electrons. The summed E-state index contributed by atoms with van der Waals surface area (Å²) >= 11 is 0. The molecule has 0 radical (unpaired) electrons. The normalized spacial score (nSPS) is 12.7. The Kier molecular flexibility index (Phi) is 19.1. The van der Waals surface area contributed by atoms with Crippen molar-refractivity contribution in [1.29, 1.82) is 0 Å². The molecule has 0 spiro atoms. The minimum Gasteiger partial charge on any atom is -0.379 e. The first kappa shape index (κ1) is 42.2. The van der Waals surface area contributed by atoms with Crippen molar-refractivity contribution in [2.75, 3.05) is 19.8 Å². The molecule has 0 aliphatic rings. The lowest BCUT2D eigenvalue weighted by molar-refractivity contribution is -0.0535. The average Bonchev–Trinajstić information content (AvgIpc) is 3.19. The van der Waals surface area contributed by atoms with Gasteiger partial charge in [-0.25, -0.2) is 0 Å². The van der Waals surface area contributed by atoms with Crippen molar-refractivity contribution < 1.29 is 22.1 Å². The van der Waals surface area contributed by atoms with Gasteiger partial charge in [-0.2, -0.15) is 8.42 Å². The van der Waals surface area contributed by atoms with Gasteiger partial charge < -0.3 is 9.47 Å². The van der Waals surface area contributed by atoms with Crippen LogP contribution in [0.5, 0.6) is 0 Å². The van der Waals surface area contributed by atoms with E-state index in [1.807, 2.05) is 97.9 Å². The van der Waals surface area contributed by atoms with Crippen LogP contribution >= 0.6 is 0 Å². The highest BCUT2D eigenvalue weighted by atomic mass is 32.2. The first-order chi connectivity index (χ1) is 26.0. The van der Waals surface area contributed by atoms with E-state index in [9.17, 15) is 8.42 Å². The molecule has 0 aromatic heterocycles. The Bertz CT molecular complexity index is 1560. The molecule has 0 fully saturated rings. The maximum atomic E-state index is 13.5. The number of unbranched alkanes of at least 4 members (excludes halogenated alkanes) is 12. The zero-order valence-corrected chi connectivity index (χ0v) is 33.0. The van der Waals surface area contributed by atoms with Gasteiger partial charge in [-0.3, -0.25) is 4.18 Å². The van der Waals surface area contributed by atoms with Crippen LogP contribution in [0.25, 0.3) is 0 Å². The van der Waals surface area contributed by atoms with Crippen LogP contribution in [0.3, 0.4) is 0 Å². The van der Waals surface area contributed by atoms with E-state index in [0.29, 0.717) is 6.61 Å². The fourth-order valence-corrected chi connectivity index (χ4v) is 7.75. The molecule has 0 saturated carbocycles. The SMILES string of the molecule is CCCCCCCCC=CCCCCCCCCOCC(COC(c1ccccc1)(c1ccccc1)c1ccccc1)OS(=O)(=O)c1ccc(C)cc1. The Labute approximate surface area is 320 Å². The first-order valence-corrected chi connectivity index (χ1v) is 21.4. The third-order valence-electron chi connectivity index (χ3n) is 9.70. The van der Waals surface area contributed by atoms with Gasteiger partial charge in [0.15, 0.2) is 0 Å². The van der Waals surface area contributed by atoms with Gasteiger partial charge in [0.05, 0.1) is 18.1 Å². The molecule has 6 heteroatoms. The minimum atomic E-state index is -4.08. The second-order valence-electron chi connectivity index (χ2n) is 14.1. The van der Waals surface area contributed by atoms with Gasteiger partial charge >= 0.3 is 0 Å². The van der Waals surface area contributed by atoms with E-state index in [2.05, 4.69) is 19.1 Å². The lowest BCUT2D eigenvalue weighted by Gasteiger charge is -2.37. The maximum Gasteiger partial charge on any atom is 0.297 e.